The zero-order valence-electron chi connectivity index (χ0n) is 15.3. The normalized spacial score (nSPS) is 10.9. The van der Waals surface area contributed by atoms with Crippen LogP contribution in [0.25, 0.3) is 0 Å². The van der Waals surface area contributed by atoms with Crippen molar-refractivity contribution in [3.05, 3.63) is 58.1 Å². The number of carbonyl (C=O) groups is 1. The summed E-state index contributed by atoms with van der Waals surface area (Å²) in [7, 11) is 0. The molecule has 0 amide bonds. The van der Waals surface area contributed by atoms with Crippen LogP contribution in [0.2, 0.25) is 0 Å². The lowest BCUT2D eigenvalue weighted by atomic mass is 9.91. The average molecular weight is 342 g/mol. The van der Waals surface area contributed by atoms with E-state index in [1.165, 1.54) is 5.56 Å². The van der Waals surface area contributed by atoms with Crippen molar-refractivity contribution in [1.82, 2.24) is 0 Å². The van der Waals surface area contributed by atoms with Gasteiger partial charge in [-0.3, -0.25) is 0 Å². The van der Waals surface area contributed by atoms with Gasteiger partial charge < -0.3 is 14.9 Å². The Labute approximate surface area is 149 Å². The summed E-state index contributed by atoms with van der Waals surface area (Å²) < 4.78 is 5.33. The highest BCUT2D eigenvalue weighted by molar-refractivity contribution is 5.68. The van der Waals surface area contributed by atoms with Crippen molar-refractivity contribution in [2.75, 3.05) is 6.61 Å². The summed E-state index contributed by atoms with van der Waals surface area (Å²) in [5.41, 5.74) is 5.57. The van der Waals surface area contributed by atoms with Gasteiger partial charge in [0.25, 0.3) is 0 Å². The summed E-state index contributed by atoms with van der Waals surface area (Å²) in [6.07, 6.45) is 1.61. The fourth-order valence-electron chi connectivity index (χ4n) is 3.03. The van der Waals surface area contributed by atoms with Gasteiger partial charge in [0.2, 0.25) is 0 Å². The van der Waals surface area contributed by atoms with E-state index in [0.29, 0.717) is 11.5 Å². The minimum atomic E-state index is -0.981. The van der Waals surface area contributed by atoms with Crippen LogP contribution in [0.5, 0.6) is 11.5 Å². The van der Waals surface area contributed by atoms with Gasteiger partial charge in [-0.2, -0.15) is 0 Å². The molecule has 0 aliphatic rings. The maximum atomic E-state index is 10.7. The van der Waals surface area contributed by atoms with E-state index in [2.05, 4.69) is 26.8 Å². The summed E-state index contributed by atoms with van der Waals surface area (Å²) in [4.78, 5) is 10.7. The number of benzene rings is 2. The average Bonchev–Trinajstić information content (AvgIpc) is 2.56. The Morgan fingerprint density at radius 2 is 1.92 bits per heavy atom. The van der Waals surface area contributed by atoms with Gasteiger partial charge in [0, 0.05) is 0 Å². The quantitative estimate of drug-likeness (QED) is 0.780. The Bertz CT molecular complexity index is 763. The van der Waals surface area contributed by atoms with E-state index < -0.39 is 5.97 Å². The lowest BCUT2D eigenvalue weighted by molar-refractivity contribution is -0.139. The first-order chi connectivity index (χ1) is 11.8. The summed E-state index contributed by atoms with van der Waals surface area (Å²) in [5, 5.41) is 18.8. The highest BCUT2D eigenvalue weighted by Gasteiger charge is 2.12. The molecule has 0 aliphatic carbocycles. The SMILES string of the molecule is CCc1cc(OCC(=O)O)cc(C)c1Cc1ccc(O)c(C(C)C)c1. The summed E-state index contributed by atoms with van der Waals surface area (Å²) in [6, 6.07) is 9.59. The molecule has 4 nitrogen and oxygen atoms in total. The van der Waals surface area contributed by atoms with Crippen LogP contribution in [0.15, 0.2) is 30.3 Å². The van der Waals surface area contributed by atoms with Crippen molar-refractivity contribution in [2.24, 2.45) is 0 Å². The van der Waals surface area contributed by atoms with Gasteiger partial charge >= 0.3 is 5.97 Å². The lowest BCUT2D eigenvalue weighted by Gasteiger charge is -2.16. The molecule has 0 bridgehead atoms. The van der Waals surface area contributed by atoms with Gasteiger partial charge in [-0.05, 0) is 71.7 Å². The molecular formula is C21H26O4. The van der Waals surface area contributed by atoms with Crippen LogP contribution < -0.4 is 4.74 Å². The number of ether oxygens (including phenoxy) is 1. The molecule has 2 aromatic rings. The van der Waals surface area contributed by atoms with Gasteiger partial charge in [-0.1, -0.05) is 32.9 Å². The highest BCUT2D eigenvalue weighted by atomic mass is 16.5. The number of hydrogen-bond acceptors (Lipinski definition) is 3. The molecule has 0 aliphatic heterocycles. The van der Waals surface area contributed by atoms with E-state index in [-0.39, 0.29) is 12.5 Å². The monoisotopic (exact) mass is 342 g/mol. The van der Waals surface area contributed by atoms with E-state index in [1.807, 2.05) is 25.1 Å². The standard InChI is InChI=1S/C21H26O4/c1-5-16-11-17(25-12-21(23)24)8-14(4)19(16)10-15-6-7-20(22)18(9-15)13(2)3/h6-9,11,13,22H,5,10,12H2,1-4H3,(H,23,24). The van der Waals surface area contributed by atoms with Gasteiger partial charge in [0.15, 0.2) is 6.61 Å². The number of hydrogen-bond donors (Lipinski definition) is 2. The number of phenolic OH excluding ortho intramolecular Hbond substituents is 1. The first-order valence-corrected chi connectivity index (χ1v) is 8.60. The van der Waals surface area contributed by atoms with Crippen LogP contribution in [-0.4, -0.2) is 22.8 Å². The van der Waals surface area contributed by atoms with Crippen LogP contribution in [-0.2, 0) is 17.6 Å². The van der Waals surface area contributed by atoms with Crippen molar-refractivity contribution < 1.29 is 19.7 Å². The Balaban J connectivity index is 2.33. The topological polar surface area (TPSA) is 66.8 Å². The number of phenols is 1. The molecule has 2 rings (SSSR count). The van der Waals surface area contributed by atoms with Crippen LogP contribution >= 0.6 is 0 Å². The van der Waals surface area contributed by atoms with E-state index in [1.54, 1.807) is 6.07 Å². The van der Waals surface area contributed by atoms with Gasteiger partial charge in [0.1, 0.15) is 11.5 Å². The molecule has 2 aromatic carbocycles. The van der Waals surface area contributed by atoms with E-state index >= 15 is 0 Å². The van der Waals surface area contributed by atoms with Crippen LogP contribution in [0.4, 0.5) is 0 Å². The molecule has 0 saturated heterocycles. The maximum Gasteiger partial charge on any atom is 0.341 e. The molecule has 0 fully saturated rings. The summed E-state index contributed by atoms with van der Waals surface area (Å²) in [6.45, 7) is 7.89. The first kappa shape index (κ1) is 18.8. The Morgan fingerprint density at radius 3 is 2.52 bits per heavy atom. The molecule has 25 heavy (non-hydrogen) atoms. The minimum Gasteiger partial charge on any atom is -0.508 e. The van der Waals surface area contributed by atoms with E-state index in [4.69, 9.17) is 9.84 Å². The number of rotatable bonds is 7. The third kappa shape index (κ3) is 4.75. The van der Waals surface area contributed by atoms with E-state index in [9.17, 15) is 9.90 Å². The van der Waals surface area contributed by atoms with Crippen molar-refractivity contribution in [3.8, 4) is 11.5 Å². The molecule has 2 N–H and O–H groups in total. The molecule has 0 saturated carbocycles. The largest absolute Gasteiger partial charge is 0.508 e. The number of aliphatic carboxylic acids is 1. The molecule has 134 valence electrons. The summed E-state index contributed by atoms with van der Waals surface area (Å²) in [5.74, 6) is 0.209. The summed E-state index contributed by atoms with van der Waals surface area (Å²) >= 11 is 0. The Kier molecular flexibility index (Phi) is 6.07. The second-order valence-corrected chi connectivity index (χ2v) is 6.64. The predicted molar refractivity (Wildman–Crippen MR) is 98.7 cm³/mol. The van der Waals surface area contributed by atoms with Gasteiger partial charge in [-0.25, -0.2) is 4.79 Å². The third-order valence-corrected chi connectivity index (χ3v) is 4.38. The second-order valence-electron chi connectivity index (χ2n) is 6.64. The zero-order chi connectivity index (χ0) is 18.6. The molecule has 4 heteroatoms. The first-order valence-electron chi connectivity index (χ1n) is 8.60. The Morgan fingerprint density at radius 1 is 1.20 bits per heavy atom. The smallest absolute Gasteiger partial charge is 0.341 e. The zero-order valence-corrected chi connectivity index (χ0v) is 15.3. The lowest BCUT2D eigenvalue weighted by Crippen LogP contribution is -2.10. The number of carboxylic acid groups (broad SMARTS) is 1. The number of aryl methyl sites for hydroxylation is 2. The molecule has 0 aromatic heterocycles. The highest BCUT2D eigenvalue weighted by Crippen LogP contribution is 2.30. The maximum absolute atomic E-state index is 10.7. The fraction of sp³-hybridized carbons (Fsp3) is 0.381. The fourth-order valence-corrected chi connectivity index (χ4v) is 3.03. The molecular weight excluding hydrogens is 316 g/mol. The minimum absolute atomic E-state index is 0.262. The Hall–Kier alpha value is -2.49. The van der Waals surface area contributed by atoms with E-state index in [0.717, 1.165) is 35.1 Å². The molecule has 0 unspecified atom stereocenters. The second kappa shape index (κ2) is 8.06. The van der Waals surface area contributed by atoms with Gasteiger partial charge in [0.05, 0.1) is 0 Å². The number of aromatic hydroxyl groups is 1. The van der Waals surface area contributed by atoms with Crippen molar-refractivity contribution in [1.29, 1.82) is 0 Å². The van der Waals surface area contributed by atoms with Crippen LogP contribution in [0.1, 0.15) is 54.5 Å². The van der Waals surface area contributed by atoms with Crippen molar-refractivity contribution in [3.63, 3.8) is 0 Å². The third-order valence-electron chi connectivity index (χ3n) is 4.38. The number of carboxylic acids is 1. The van der Waals surface area contributed by atoms with Crippen molar-refractivity contribution in [2.45, 2.75) is 46.5 Å². The van der Waals surface area contributed by atoms with Crippen LogP contribution in [0.3, 0.4) is 0 Å². The van der Waals surface area contributed by atoms with Crippen LogP contribution in [0, 0.1) is 6.92 Å². The predicted octanol–water partition coefficient (Wildman–Crippen LogP) is 4.44. The van der Waals surface area contributed by atoms with Gasteiger partial charge in [-0.15, -0.1) is 0 Å². The molecule has 0 radical (unpaired) electrons. The molecule has 0 heterocycles. The molecule has 0 spiro atoms. The van der Waals surface area contributed by atoms with Crippen molar-refractivity contribution >= 4 is 5.97 Å². The molecule has 0 atom stereocenters.